The molecule has 1 heterocycles. The summed E-state index contributed by atoms with van der Waals surface area (Å²) in [5.74, 6) is 1.93. The van der Waals surface area contributed by atoms with E-state index in [2.05, 4.69) is 25.3 Å². The number of hydrogen-bond acceptors (Lipinski definition) is 6. The minimum absolute atomic E-state index is 0.215. The number of hydrogen-bond donors (Lipinski definition) is 2. The van der Waals surface area contributed by atoms with Gasteiger partial charge in [-0.3, -0.25) is 0 Å². The van der Waals surface area contributed by atoms with Gasteiger partial charge in [-0.2, -0.15) is 0 Å². The van der Waals surface area contributed by atoms with Crippen molar-refractivity contribution in [1.29, 1.82) is 0 Å². The molecule has 0 amide bonds. The van der Waals surface area contributed by atoms with Gasteiger partial charge in [0, 0.05) is 19.0 Å². The largest absolute Gasteiger partial charge is 0.467 e. The molecule has 1 unspecified atom stereocenters. The van der Waals surface area contributed by atoms with Crippen LogP contribution in [0.5, 0.6) is 0 Å². The fraction of sp³-hybridized carbons (Fsp3) is 0.583. The van der Waals surface area contributed by atoms with E-state index < -0.39 is 6.04 Å². The van der Waals surface area contributed by atoms with Gasteiger partial charge in [0.05, 0.1) is 7.11 Å². The maximum Gasteiger partial charge on any atom is 0.328 e. The average Bonchev–Trinajstić information content (AvgIpc) is 2.36. The maximum absolute atomic E-state index is 11.3. The van der Waals surface area contributed by atoms with Gasteiger partial charge in [-0.15, -0.1) is 0 Å². The molecule has 0 spiro atoms. The molecule has 100 valence electrons. The summed E-state index contributed by atoms with van der Waals surface area (Å²) in [4.78, 5) is 20.1. The van der Waals surface area contributed by atoms with Gasteiger partial charge in [-0.05, 0) is 6.92 Å². The van der Waals surface area contributed by atoms with Crippen molar-refractivity contribution in [3.63, 3.8) is 0 Å². The fourth-order valence-corrected chi connectivity index (χ4v) is 1.38. The molecule has 1 aromatic rings. The fourth-order valence-electron chi connectivity index (χ4n) is 1.38. The molecule has 2 N–H and O–H groups in total. The molecule has 0 bridgehead atoms. The van der Waals surface area contributed by atoms with Crippen LogP contribution in [0.2, 0.25) is 0 Å². The summed E-state index contributed by atoms with van der Waals surface area (Å²) in [6.45, 7) is 5.76. The van der Waals surface area contributed by atoms with Crippen LogP contribution in [0.4, 0.5) is 11.6 Å². The van der Waals surface area contributed by atoms with Crippen molar-refractivity contribution in [2.45, 2.75) is 32.7 Å². The Kier molecular flexibility index (Phi) is 4.88. The minimum atomic E-state index is -0.449. The number of anilines is 2. The van der Waals surface area contributed by atoms with Crippen LogP contribution in [0, 0.1) is 0 Å². The number of carbonyl (C=O) groups excluding carboxylic acids is 1. The maximum atomic E-state index is 11.3. The van der Waals surface area contributed by atoms with Crippen molar-refractivity contribution in [3.05, 3.63) is 11.9 Å². The Morgan fingerprint density at radius 1 is 1.28 bits per heavy atom. The summed E-state index contributed by atoms with van der Waals surface area (Å²) in [6.07, 6.45) is 0. The highest BCUT2D eigenvalue weighted by Gasteiger charge is 2.15. The third kappa shape index (κ3) is 3.58. The number of ether oxygens (including phenoxy) is 1. The van der Waals surface area contributed by atoms with Gasteiger partial charge in [-0.25, -0.2) is 14.8 Å². The molecule has 0 aliphatic carbocycles. The Labute approximate surface area is 107 Å². The highest BCUT2D eigenvalue weighted by Crippen LogP contribution is 2.17. The Bertz CT molecular complexity index is 421. The smallest absolute Gasteiger partial charge is 0.328 e. The summed E-state index contributed by atoms with van der Waals surface area (Å²) in [6, 6.07) is 1.31. The first-order chi connectivity index (χ1) is 8.47. The second-order valence-corrected chi connectivity index (χ2v) is 4.29. The molecule has 0 aromatic carbocycles. The zero-order valence-corrected chi connectivity index (χ0v) is 11.4. The first kappa shape index (κ1) is 14.2. The van der Waals surface area contributed by atoms with Gasteiger partial charge in [0.25, 0.3) is 0 Å². The zero-order chi connectivity index (χ0) is 13.7. The average molecular weight is 252 g/mol. The minimum Gasteiger partial charge on any atom is -0.467 e. The topological polar surface area (TPSA) is 76.1 Å². The van der Waals surface area contributed by atoms with Crippen molar-refractivity contribution in [2.24, 2.45) is 0 Å². The Balaban J connectivity index is 2.94. The van der Waals surface area contributed by atoms with E-state index in [4.69, 9.17) is 0 Å². The molecule has 0 aliphatic heterocycles. The van der Waals surface area contributed by atoms with Crippen LogP contribution in [0.15, 0.2) is 6.07 Å². The van der Waals surface area contributed by atoms with Crippen molar-refractivity contribution in [2.75, 3.05) is 24.8 Å². The monoisotopic (exact) mass is 252 g/mol. The van der Waals surface area contributed by atoms with Crippen LogP contribution in [0.1, 0.15) is 32.5 Å². The number of rotatable bonds is 5. The van der Waals surface area contributed by atoms with Crippen LogP contribution < -0.4 is 10.6 Å². The first-order valence-corrected chi connectivity index (χ1v) is 5.89. The van der Waals surface area contributed by atoms with E-state index in [1.165, 1.54) is 7.11 Å². The van der Waals surface area contributed by atoms with Crippen LogP contribution in [0.3, 0.4) is 0 Å². The summed E-state index contributed by atoms with van der Waals surface area (Å²) in [5, 5.41) is 5.97. The number of nitrogens with one attached hydrogen (secondary N) is 2. The zero-order valence-electron chi connectivity index (χ0n) is 11.4. The van der Waals surface area contributed by atoms with Crippen LogP contribution >= 0.6 is 0 Å². The van der Waals surface area contributed by atoms with Gasteiger partial charge < -0.3 is 15.4 Å². The van der Waals surface area contributed by atoms with Crippen molar-refractivity contribution < 1.29 is 9.53 Å². The molecule has 6 heteroatoms. The van der Waals surface area contributed by atoms with Gasteiger partial charge in [0.1, 0.15) is 23.5 Å². The summed E-state index contributed by atoms with van der Waals surface area (Å²) < 4.78 is 4.66. The van der Waals surface area contributed by atoms with E-state index in [9.17, 15) is 4.79 Å². The lowest BCUT2D eigenvalue weighted by Crippen LogP contribution is -2.28. The standard InChI is InChI=1S/C12H20N4O2/c1-7(2)11-15-9(13-4)6-10(16-11)14-8(3)12(17)18-5/h6-8H,1-5H3,(H2,13,14,15,16). The lowest BCUT2D eigenvalue weighted by molar-refractivity contribution is -0.141. The summed E-state index contributed by atoms with van der Waals surface area (Å²) in [5.41, 5.74) is 0. The van der Waals surface area contributed by atoms with E-state index in [1.54, 1.807) is 20.0 Å². The molecule has 0 saturated heterocycles. The van der Waals surface area contributed by atoms with Crippen LogP contribution in [-0.4, -0.2) is 36.1 Å². The Morgan fingerprint density at radius 3 is 2.39 bits per heavy atom. The third-order valence-electron chi connectivity index (χ3n) is 2.44. The van der Waals surface area contributed by atoms with Crippen molar-refractivity contribution >= 4 is 17.6 Å². The molecule has 0 aliphatic rings. The molecular weight excluding hydrogens is 232 g/mol. The molecule has 18 heavy (non-hydrogen) atoms. The molecular formula is C12H20N4O2. The molecule has 1 rings (SSSR count). The highest BCUT2D eigenvalue weighted by molar-refractivity contribution is 5.78. The summed E-state index contributed by atoms with van der Waals surface area (Å²) >= 11 is 0. The quantitative estimate of drug-likeness (QED) is 0.775. The van der Waals surface area contributed by atoms with Gasteiger partial charge in [-0.1, -0.05) is 13.8 Å². The molecule has 0 saturated carbocycles. The Morgan fingerprint density at radius 2 is 1.89 bits per heavy atom. The summed E-state index contributed by atoms with van der Waals surface area (Å²) in [7, 11) is 3.15. The van der Waals surface area contributed by atoms with Crippen molar-refractivity contribution in [3.8, 4) is 0 Å². The SMILES string of the molecule is CNc1cc(NC(C)C(=O)OC)nc(C(C)C)n1. The Hall–Kier alpha value is -1.85. The molecule has 0 fully saturated rings. The predicted octanol–water partition coefficient (Wildman–Crippen LogP) is 1.62. The highest BCUT2D eigenvalue weighted by atomic mass is 16.5. The van der Waals surface area contributed by atoms with Crippen LogP contribution in [-0.2, 0) is 9.53 Å². The number of methoxy groups -OCH3 is 1. The van der Waals surface area contributed by atoms with Gasteiger partial charge >= 0.3 is 5.97 Å². The lowest BCUT2D eigenvalue weighted by Gasteiger charge is -2.14. The second-order valence-electron chi connectivity index (χ2n) is 4.29. The number of carbonyl (C=O) groups is 1. The molecule has 6 nitrogen and oxygen atoms in total. The van der Waals surface area contributed by atoms with Crippen molar-refractivity contribution in [1.82, 2.24) is 9.97 Å². The van der Waals surface area contributed by atoms with Gasteiger partial charge in [0.2, 0.25) is 0 Å². The van der Waals surface area contributed by atoms with E-state index in [0.717, 1.165) is 5.82 Å². The number of esters is 1. The molecule has 0 radical (unpaired) electrons. The third-order valence-corrected chi connectivity index (χ3v) is 2.44. The van der Waals surface area contributed by atoms with E-state index in [1.807, 2.05) is 13.8 Å². The molecule has 1 atom stereocenters. The number of nitrogens with zero attached hydrogens (tertiary/aromatic N) is 2. The van der Waals surface area contributed by atoms with E-state index in [0.29, 0.717) is 11.6 Å². The van der Waals surface area contributed by atoms with E-state index in [-0.39, 0.29) is 11.9 Å². The second kappa shape index (κ2) is 6.18. The first-order valence-electron chi connectivity index (χ1n) is 5.89. The normalized spacial score (nSPS) is 12.1. The van der Waals surface area contributed by atoms with Crippen LogP contribution in [0.25, 0.3) is 0 Å². The predicted molar refractivity (Wildman–Crippen MR) is 70.8 cm³/mol. The number of aromatic nitrogens is 2. The molecule has 1 aromatic heterocycles. The lowest BCUT2D eigenvalue weighted by atomic mass is 10.2. The van der Waals surface area contributed by atoms with E-state index >= 15 is 0 Å². The van der Waals surface area contributed by atoms with Gasteiger partial charge in [0.15, 0.2) is 0 Å².